The predicted molar refractivity (Wildman–Crippen MR) is 96.0 cm³/mol. The number of nitrogens with one attached hydrogen (secondary N) is 1. The lowest BCUT2D eigenvalue weighted by atomic mass is 10.0. The number of pyridine rings is 1. The van der Waals surface area contributed by atoms with Gasteiger partial charge in [0.1, 0.15) is 6.54 Å². The van der Waals surface area contributed by atoms with Crippen LogP contribution in [0, 0.1) is 0 Å². The average Bonchev–Trinajstić information content (AvgIpc) is 2.97. The first kappa shape index (κ1) is 15.8. The van der Waals surface area contributed by atoms with Gasteiger partial charge < -0.3 is 11.1 Å². The number of carbonyl (C=O) groups is 1. The van der Waals surface area contributed by atoms with Gasteiger partial charge in [0, 0.05) is 41.8 Å². The van der Waals surface area contributed by atoms with Gasteiger partial charge >= 0.3 is 0 Å². The lowest BCUT2D eigenvalue weighted by molar-refractivity contribution is -0.118. The number of amides is 1. The lowest BCUT2D eigenvalue weighted by Gasteiger charge is -2.15. The van der Waals surface area contributed by atoms with Crippen molar-refractivity contribution in [2.24, 2.45) is 5.73 Å². The number of fused-ring (bicyclic) bond motifs is 2. The summed E-state index contributed by atoms with van der Waals surface area (Å²) in [6.07, 6.45) is 2.51. The summed E-state index contributed by atoms with van der Waals surface area (Å²) >= 11 is 0. The second-order valence-corrected chi connectivity index (χ2v) is 6.42. The molecule has 1 aliphatic heterocycles. The van der Waals surface area contributed by atoms with E-state index in [2.05, 4.69) is 28.6 Å². The summed E-state index contributed by atoms with van der Waals surface area (Å²) in [5, 5.41) is 9.19. The molecule has 128 valence electrons. The molecule has 3 aromatic rings. The Bertz CT molecular complexity index is 931. The number of aromatic nitrogens is 3. The molecule has 0 fully saturated rings. The van der Waals surface area contributed by atoms with Crippen molar-refractivity contribution >= 4 is 16.8 Å². The number of nitrogens with zero attached hydrogens (tertiary/aromatic N) is 3. The largest absolute Gasteiger partial charge is 0.368 e. The molecule has 0 unspecified atom stereocenters. The monoisotopic (exact) mass is 335 g/mol. The van der Waals surface area contributed by atoms with Crippen molar-refractivity contribution in [2.45, 2.75) is 32.4 Å². The minimum absolute atomic E-state index is 0.149. The Morgan fingerprint density at radius 1 is 1.20 bits per heavy atom. The molecule has 4 rings (SSSR count). The molecule has 6 nitrogen and oxygen atoms in total. The van der Waals surface area contributed by atoms with Crippen LogP contribution in [0.1, 0.15) is 22.6 Å². The van der Waals surface area contributed by atoms with Gasteiger partial charge in [0.05, 0.1) is 11.2 Å². The van der Waals surface area contributed by atoms with Crippen molar-refractivity contribution in [2.75, 3.05) is 6.54 Å². The standard InChI is InChI=1S/C19H21N5O/c20-19(25)12-24-18-9-10-21-11-15(18)17(23-24)8-7-14-6-5-13-3-1-2-4-16(13)22-14/h1-6,21H,7-12H2,(H2,20,25). The van der Waals surface area contributed by atoms with Crippen molar-refractivity contribution in [3.05, 3.63) is 59.0 Å². The summed E-state index contributed by atoms with van der Waals surface area (Å²) in [4.78, 5) is 16.0. The second kappa shape index (κ2) is 6.64. The zero-order valence-corrected chi connectivity index (χ0v) is 14.0. The van der Waals surface area contributed by atoms with Crippen LogP contribution in [0.25, 0.3) is 10.9 Å². The van der Waals surface area contributed by atoms with Crippen LogP contribution < -0.4 is 11.1 Å². The Kier molecular flexibility index (Phi) is 4.19. The van der Waals surface area contributed by atoms with E-state index in [0.717, 1.165) is 60.3 Å². The number of hydrogen-bond donors (Lipinski definition) is 2. The van der Waals surface area contributed by atoms with Crippen molar-refractivity contribution in [1.29, 1.82) is 0 Å². The molecule has 0 bridgehead atoms. The van der Waals surface area contributed by atoms with Crippen LogP contribution in [-0.2, 0) is 37.1 Å². The van der Waals surface area contributed by atoms with Crippen LogP contribution in [0.4, 0.5) is 0 Å². The van der Waals surface area contributed by atoms with Gasteiger partial charge in [-0.3, -0.25) is 14.5 Å². The number of rotatable bonds is 5. The van der Waals surface area contributed by atoms with Crippen molar-refractivity contribution in [3.8, 4) is 0 Å². The third-order valence-electron chi connectivity index (χ3n) is 4.67. The summed E-state index contributed by atoms with van der Waals surface area (Å²) in [5.41, 5.74) is 10.8. The van der Waals surface area contributed by atoms with E-state index in [0.29, 0.717) is 0 Å². The molecule has 1 aromatic carbocycles. The van der Waals surface area contributed by atoms with E-state index in [1.165, 1.54) is 5.56 Å². The quantitative estimate of drug-likeness (QED) is 0.737. The third kappa shape index (κ3) is 3.25. The van der Waals surface area contributed by atoms with Gasteiger partial charge in [0.15, 0.2) is 0 Å². The van der Waals surface area contributed by atoms with Gasteiger partial charge in [0.2, 0.25) is 5.91 Å². The molecule has 6 heteroatoms. The summed E-state index contributed by atoms with van der Waals surface area (Å²) in [6.45, 7) is 1.86. The number of hydrogen-bond acceptors (Lipinski definition) is 4. The number of primary amides is 1. The van der Waals surface area contributed by atoms with Crippen LogP contribution in [0.15, 0.2) is 36.4 Å². The number of aryl methyl sites for hydroxylation is 2. The summed E-state index contributed by atoms with van der Waals surface area (Å²) in [7, 11) is 0. The van der Waals surface area contributed by atoms with Crippen LogP contribution in [0.5, 0.6) is 0 Å². The van der Waals surface area contributed by atoms with Gasteiger partial charge in [-0.2, -0.15) is 5.10 Å². The highest BCUT2D eigenvalue weighted by Gasteiger charge is 2.21. The average molecular weight is 335 g/mol. The van der Waals surface area contributed by atoms with E-state index in [1.54, 1.807) is 4.68 Å². The van der Waals surface area contributed by atoms with Gasteiger partial charge in [-0.15, -0.1) is 0 Å². The second-order valence-electron chi connectivity index (χ2n) is 6.42. The number of nitrogens with two attached hydrogens (primary N) is 1. The zero-order chi connectivity index (χ0) is 17.2. The van der Waals surface area contributed by atoms with Crippen molar-refractivity contribution in [1.82, 2.24) is 20.1 Å². The van der Waals surface area contributed by atoms with Gasteiger partial charge in [-0.1, -0.05) is 24.3 Å². The summed E-state index contributed by atoms with van der Waals surface area (Å²) < 4.78 is 1.78. The molecule has 1 amide bonds. The molecule has 0 spiro atoms. The highest BCUT2D eigenvalue weighted by molar-refractivity contribution is 5.78. The molecular formula is C19H21N5O. The van der Waals surface area contributed by atoms with E-state index in [9.17, 15) is 4.79 Å². The van der Waals surface area contributed by atoms with Gasteiger partial charge in [-0.05, 0) is 25.0 Å². The molecule has 0 aliphatic carbocycles. The fourth-order valence-electron chi connectivity index (χ4n) is 3.47. The molecule has 25 heavy (non-hydrogen) atoms. The van der Waals surface area contributed by atoms with Crippen LogP contribution in [0.2, 0.25) is 0 Å². The molecule has 3 N–H and O–H groups in total. The molecule has 0 atom stereocenters. The first-order valence-corrected chi connectivity index (χ1v) is 8.62. The first-order chi connectivity index (χ1) is 12.2. The Hall–Kier alpha value is -2.73. The van der Waals surface area contributed by atoms with Crippen LogP contribution >= 0.6 is 0 Å². The maximum atomic E-state index is 11.3. The van der Waals surface area contributed by atoms with Crippen LogP contribution in [-0.4, -0.2) is 27.2 Å². The molecule has 1 aliphatic rings. The maximum absolute atomic E-state index is 11.3. The number of carbonyl (C=O) groups excluding carboxylic acids is 1. The predicted octanol–water partition coefficient (Wildman–Crippen LogP) is 1.35. The van der Waals surface area contributed by atoms with Crippen LogP contribution in [0.3, 0.4) is 0 Å². The van der Waals surface area contributed by atoms with E-state index in [-0.39, 0.29) is 12.5 Å². The molecule has 0 saturated carbocycles. The number of para-hydroxylation sites is 1. The lowest BCUT2D eigenvalue weighted by Crippen LogP contribution is -2.27. The summed E-state index contributed by atoms with van der Waals surface area (Å²) in [6, 6.07) is 12.3. The Balaban J connectivity index is 1.57. The Morgan fingerprint density at radius 3 is 2.96 bits per heavy atom. The molecule has 0 saturated heterocycles. The smallest absolute Gasteiger partial charge is 0.239 e. The fourth-order valence-corrected chi connectivity index (χ4v) is 3.47. The van der Waals surface area contributed by atoms with E-state index >= 15 is 0 Å². The van der Waals surface area contributed by atoms with Gasteiger partial charge in [-0.25, -0.2) is 0 Å². The molecule has 0 radical (unpaired) electrons. The third-order valence-corrected chi connectivity index (χ3v) is 4.67. The van der Waals surface area contributed by atoms with E-state index in [1.807, 2.05) is 18.2 Å². The molecular weight excluding hydrogens is 314 g/mol. The molecule has 2 aromatic heterocycles. The van der Waals surface area contributed by atoms with E-state index in [4.69, 9.17) is 10.7 Å². The highest BCUT2D eigenvalue weighted by atomic mass is 16.1. The normalized spacial score (nSPS) is 13.8. The number of benzene rings is 1. The van der Waals surface area contributed by atoms with Crippen molar-refractivity contribution < 1.29 is 4.79 Å². The SMILES string of the molecule is NC(=O)Cn1nc(CCc2ccc3ccccc3n2)c2c1CCNC2. The van der Waals surface area contributed by atoms with Crippen molar-refractivity contribution in [3.63, 3.8) is 0 Å². The highest BCUT2D eigenvalue weighted by Crippen LogP contribution is 2.20. The minimum Gasteiger partial charge on any atom is -0.368 e. The fraction of sp³-hybridized carbons (Fsp3) is 0.316. The molecule has 3 heterocycles. The maximum Gasteiger partial charge on any atom is 0.239 e. The van der Waals surface area contributed by atoms with Gasteiger partial charge in [0.25, 0.3) is 0 Å². The first-order valence-electron chi connectivity index (χ1n) is 8.62. The Labute approximate surface area is 146 Å². The zero-order valence-electron chi connectivity index (χ0n) is 14.0. The summed E-state index contributed by atoms with van der Waals surface area (Å²) in [5.74, 6) is -0.355. The Morgan fingerprint density at radius 2 is 2.08 bits per heavy atom. The topological polar surface area (TPSA) is 85.8 Å². The van der Waals surface area contributed by atoms with E-state index < -0.39 is 0 Å². The minimum atomic E-state index is -0.355.